The topological polar surface area (TPSA) is 38.3 Å². The van der Waals surface area contributed by atoms with Crippen molar-refractivity contribution < 1.29 is 9.53 Å². The molecule has 2 aromatic rings. The van der Waals surface area contributed by atoms with E-state index in [9.17, 15) is 4.79 Å². The van der Waals surface area contributed by atoms with E-state index in [-0.39, 0.29) is 5.91 Å². The SMILES string of the molecule is Cc1ccc(OC(C)C(=O)Nc2ccccc2C(C)C)cc1. The highest BCUT2D eigenvalue weighted by atomic mass is 16.5. The van der Waals surface area contributed by atoms with Crippen LogP contribution in [0.1, 0.15) is 37.8 Å². The van der Waals surface area contributed by atoms with Crippen LogP contribution in [0.2, 0.25) is 0 Å². The number of rotatable bonds is 5. The smallest absolute Gasteiger partial charge is 0.265 e. The molecule has 2 rings (SSSR count). The first-order chi connectivity index (χ1) is 10.5. The highest BCUT2D eigenvalue weighted by Crippen LogP contribution is 2.24. The van der Waals surface area contributed by atoms with Crippen LogP contribution in [0.25, 0.3) is 0 Å². The van der Waals surface area contributed by atoms with Crippen LogP contribution in [0.15, 0.2) is 48.5 Å². The Balaban J connectivity index is 2.04. The Bertz CT molecular complexity index is 632. The summed E-state index contributed by atoms with van der Waals surface area (Å²) in [7, 11) is 0. The molecule has 2 aromatic carbocycles. The quantitative estimate of drug-likeness (QED) is 0.881. The third-order valence-corrected chi connectivity index (χ3v) is 3.54. The number of benzene rings is 2. The maximum Gasteiger partial charge on any atom is 0.265 e. The molecule has 0 bridgehead atoms. The minimum Gasteiger partial charge on any atom is -0.481 e. The Morgan fingerprint density at radius 2 is 1.64 bits per heavy atom. The lowest BCUT2D eigenvalue weighted by molar-refractivity contribution is -0.122. The molecule has 1 amide bonds. The average Bonchev–Trinajstić information content (AvgIpc) is 2.49. The van der Waals surface area contributed by atoms with Crippen molar-refractivity contribution in [3.8, 4) is 5.75 Å². The number of ether oxygens (including phenoxy) is 1. The highest BCUT2D eigenvalue weighted by molar-refractivity contribution is 5.94. The number of para-hydroxylation sites is 1. The maximum atomic E-state index is 12.3. The maximum absolute atomic E-state index is 12.3. The molecule has 0 fully saturated rings. The predicted octanol–water partition coefficient (Wildman–Crippen LogP) is 4.52. The van der Waals surface area contributed by atoms with E-state index < -0.39 is 6.10 Å². The number of carbonyl (C=O) groups is 1. The van der Waals surface area contributed by atoms with Crippen molar-refractivity contribution in [1.29, 1.82) is 0 Å². The third kappa shape index (κ3) is 4.10. The van der Waals surface area contributed by atoms with Gasteiger partial charge in [0.1, 0.15) is 5.75 Å². The fourth-order valence-corrected chi connectivity index (χ4v) is 2.22. The summed E-state index contributed by atoms with van der Waals surface area (Å²) in [6, 6.07) is 15.5. The lowest BCUT2D eigenvalue weighted by atomic mass is 10.0. The van der Waals surface area contributed by atoms with Gasteiger partial charge in [0.15, 0.2) is 6.10 Å². The van der Waals surface area contributed by atoms with Crippen LogP contribution in [0.3, 0.4) is 0 Å². The van der Waals surface area contributed by atoms with Crippen molar-refractivity contribution in [1.82, 2.24) is 0 Å². The monoisotopic (exact) mass is 297 g/mol. The number of nitrogens with one attached hydrogen (secondary N) is 1. The van der Waals surface area contributed by atoms with Gasteiger partial charge in [-0.05, 0) is 43.5 Å². The van der Waals surface area contributed by atoms with Crippen LogP contribution in [0.4, 0.5) is 5.69 Å². The van der Waals surface area contributed by atoms with Crippen LogP contribution in [0.5, 0.6) is 5.75 Å². The van der Waals surface area contributed by atoms with E-state index in [0.717, 1.165) is 16.8 Å². The fourth-order valence-electron chi connectivity index (χ4n) is 2.22. The summed E-state index contributed by atoms with van der Waals surface area (Å²) in [4.78, 5) is 12.3. The molecule has 0 saturated heterocycles. The summed E-state index contributed by atoms with van der Waals surface area (Å²) in [5.41, 5.74) is 3.13. The van der Waals surface area contributed by atoms with Gasteiger partial charge in [0.2, 0.25) is 0 Å². The molecule has 1 N–H and O–H groups in total. The molecule has 0 spiro atoms. The van der Waals surface area contributed by atoms with Crippen molar-refractivity contribution in [2.24, 2.45) is 0 Å². The van der Waals surface area contributed by atoms with Crippen molar-refractivity contribution in [3.63, 3.8) is 0 Å². The Hall–Kier alpha value is -2.29. The van der Waals surface area contributed by atoms with Crippen molar-refractivity contribution in [2.45, 2.75) is 39.7 Å². The van der Waals surface area contributed by atoms with Gasteiger partial charge in [0.05, 0.1) is 0 Å². The molecule has 3 nitrogen and oxygen atoms in total. The van der Waals surface area contributed by atoms with Crippen LogP contribution < -0.4 is 10.1 Å². The van der Waals surface area contributed by atoms with Crippen molar-refractivity contribution in [3.05, 3.63) is 59.7 Å². The second kappa shape index (κ2) is 7.12. The number of carbonyl (C=O) groups excluding carboxylic acids is 1. The first-order valence-electron chi connectivity index (χ1n) is 7.60. The van der Waals surface area contributed by atoms with Gasteiger partial charge in [0, 0.05) is 5.69 Å². The number of hydrogen-bond acceptors (Lipinski definition) is 2. The molecule has 116 valence electrons. The summed E-state index contributed by atoms with van der Waals surface area (Å²) in [6.07, 6.45) is -0.553. The van der Waals surface area contributed by atoms with Crippen LogP contribution in [-0.4, -0.2) is 12.0 Å². The van der Waals surface area contributed by atoms with E-state index in [1.54, 1.807) is 6.92 Å². The summed E-state index contributed by atoms with van der Waals surface area (Å²) in [5.74, 6) is 0.906. The number of hydrogen-bond donors (Lipinski definition) is 1. The Labute approximate surface area is 132 Å². The summed E-state index contributed by atoms with van der Waals surface area (Å²) in [5, 5.41) is 2.96. The molecular weight excluding hydrogens is 274 g/mol. The van der Waals surface area contributed by atoms with E-state index in [2.05, 4.69) is 19.2 Å². The fraction of sp³-hybridized carbons (Fsp3) is 0.316. The van der Waals surface area contributed by atoms with Gasteiger partial charge < -0.3 is 10.1 Å². The molecule has 0 aliphatic rings. The van der Waals surface area contributed by atoms with Crippen molar-refractivity contribution >= 4 is 11.6 Å². The molecule has 0 aliphatic heterocycles. The minimum absolute atomic E-state index is 0.145. The van der Waals surface area contributed by atoms with E-state index in [1.165, 1.54) is 0 Å². The Morgan fingerprint density at radius 3 is 2.27 bits per heavy atom. The average molecular weight is 297 g/mol. The third-order valence-electron chi connectivity index (χ3n) is 3.54. The van der Waals surface area contributed by atoms with Gasteiger partial charge in [-0.15, -0.1) is 0 Å². The van der Waals surface area contributed by atoms with Gasteiger partial charge >= 0.3 is 0 Å². The number of aryl methyl sites for hydroxylation is 1. The van der Waals surface area contributed by atoms with E-state index >= 15 is 0 Å². The van der Waals surface area contributed by atoms with Crippen molar-refractivity contribution in [2.75, 3.05) is 5.32 Å². The van der Waals surface area contributed by atoms with Crippen LogP contribution in [0, 0.1) is 6.92 Å². The molecule has 1 atom stereocenters. The van der Waals surface area contributed by atoms with Crippen LogP contribution in [-0.2, 0) is 4.79 Å². The van der Waals surface area contributed by atoms with E-state index in [1.807, 2.05) is 55.5 Å². The largest absolute Gasteiger partial charge is 0.481 e. The molecular formula is C19H23NO2. The van der Waals surface area contributed by atoms with Gasteiger partial charge in [-0.1, -0.05) is 49.7 Å². The second-order valence-electron chi connectivity index (χ2n) is 5.80. The second-order valence-corrected chi connectivity index (χ2v) is 5.80. The molecule has 0 heterocycles. The van der Waals surface area contributed by atoms with Gasteiger partial charge in [-0.3, -0.25) is 4.79 Å². The Morgan fingerprint density at radius 1 is 1.00 bits per heavy atom. The zero-order valence-corrected chi connectivity index (χ0v) is 13.6. The normalized spacial score (nSPS) is 12.0. The Kier molecular flexibility index (Phi) is 5.21. The lowest BCUT2D eigenvalue weighted by Gasteiger charge is -2.17. The standard InChI is InChI=1S/C19H23NO2/c1-13(2)17-7-5-6-8-18(17)20-19(21)15(4)22-16-11-9-14(3)10-12-16/h5-13,15H,1-4H3,(H,20,21). The molecule has 0 saturated carbocycles. The summed E-state index contributed by atoms with van der Waals surface area (Å²) < 4.78 is 5.69. The molecule has 1 unspecified atom stereocenters. The predicted molar refractivity (Wildman–Crippen MR) is 90.4 cm³/mol. The van der Waals surface area contributed by atoms with E-state index in [4.69, 9.17) is 4.74 Å². The zero-order chi connectivity index (χ0) is 16.1. The zero-order valence-electron chi connectivity index (χ0n) is 13.6. The molecule has 0 aromatic heterocycles. The molecule has 22 heavy (non-hydrogen) atoms. The molecule has 0 radical (unpaired) electrons. The molecule has 0 aliphatic carbocycles. The first-order valence-corrected chi connectivity index (χ1v) is 7.60. The van der Waals surface area contributed by atoms with Gasteiger partial charge in [-0.2, -0.15) is 0 Å². The summed E-state index contributed by atoms with van der Waals surface area (Å²) >= 11 is 0. The number of amides is 1. The number of anilines is 1. The van der Waals surface area contributed by atoms with Gasteiger partial charge in [0.25, 0.3) is 5.91 Å². The lowest BCUT2D eigenvalue weighted by Crippen LogP contribution is -2.30. The first kappa shape index (κ1) is 16.1. The highest BCUT2D eigenvalue weighted by Gasteiger charge is 2.16. The minimum atomic E-state index is -0.553. The molecule has 3 heteroatoms. The van der Waals surface area contributed by atoms with E-state index in [0.29, 0.717) is 11.7 Å². The van der Waals surface area contributed by atoms with Gasteiger partial charge in [-0.25, -0.2) is 0 Å². The summed E-state index contributed by atoms with van der Waals surface area (Å²) in [6.45, 7) is 7.99. The van der Waals surface area contributed by atoms with Crippen LogP contribution >= 0.6 is 0 Å².